The van der Waals surface area contributed by atoms with Gasteiger partial charge in [-0.3, -0.25) is 0 Å². The molecule has 1 heterocycles. The fourth-order valence-electron chi connectivity index (χ4n) is 2.06. The lowest BCUT2D eigenvalue weighted by molar-refractivity contribution is 0.0143. The number of imidazole rings is 1. The summed E-state index contributed by atoms with van der Waals surface area (Å²) in [6, 6.07) is 0.209. The molecular formula is C14H25F2N3O. The molecule has 0 saturated carbocycles. The van der Waals surface area contributed by atoms with Crippen LogP contribution in [0.5, 0.6) is 0 Å². The molecule has 0 aliphatic heterocycles. The smallest absolute Gasteiger partial charge is 0.261 e. The van der Waals surface area contributed by atoms with Crippen LogP contribution in [0, 0.1) is 0 Å². The molecule has 0 fully saturated rings. The van der Waals surface area contributed by atoms with E-state index in [-0.39, 0.29) is 6.04 Å². The summed E-state index contributed by atoms with van der Waals surface area (Å²) in [5.41, 5.74) is 0. The van der Waals surface area contributed by atoms with Crippen molar-refractivity contribution in [3.05, 3.63) is 18.2 Å². The molecule has 0 bridgehead atoms. The largest absolute Gasteiger partial charge is 0.375 e. The van der Waals surface area contributed by atoms with Gasteiger partial charge in [0, 0.05) is 38.0 Å². The molecule has 1 rings (SSSR count). The van der Waals surface area contributed by atoms with Crippen molar-refractivity contribution in [1.29, 1.82) is 0 Å². The van der Waals surface area contributed by atoms with Crippen molar-refractivity contribution in [2.24, 2.45) is 0 Å². The second-order valence-electron chi connectivity index (χ2n) is 4.74. The summed E-state index contributed by atoms with van der Waals surface area (Å²) in [6.45, 7) is 5.84. The number of hydrogen-bond donors (Lipinski definition) is 1. The van der Waals surface area contributed by atoms with Crippen molar-refractivity contribution in [2.45, 2.75) is 52.1 Å². The first-order chi connectivity index (χ1) is 9.67. The van der Waals surface area contributed by atoms with E-state index in [2.05, 4.69) is 28.7 Å². The summed E-state index contributed by atoms with van der Waals surface area (Å²) >= 11 is 0. The highest BCUT2D eigenvalue weighted by molar-refractivity contribution is 4.95. The maximum Gasteiger partial charge on any atom is 0.261 e. The lowest BCUT2D eigenvalue weighted by Crippen LogP contribution is -2.34. The Morgan fingerprint density at radius 3 is 2.85 bits per heavy atom. The van der Waals surface area contributed by atoms with Crippen LogP contribution in [0.3, 0.4) is 0 Å². The summed E-state index contributed by atoms with van der Waals surface area (Å²) in [7, 11) is 0. The average molecular weight is 289 g/mol. The molecule has 0 radical (unpaired) electrons. The van der Waals surface area contributed by atoms with Gasteiger partial charge in [0.25, 0.3) is 6.43 Å². The van der Waals surface area contributed by atoms with Crippen molar-refractivity contribution >= 4 is 0 Å². The highest BCUT2D eigenvalue weighted by Crippen LogP contribution is 2.06. The van der Waals surface area contributed by atoms with Gasteiger partial charge in [0.15, 0.2) is 0 Å². The summed E-state index contributed by atoms with van der Waals surface area (Å²) in [5, 5.41) is 3.43. The number of nitrogens with zero attached hydrogens (tertiary/aromatic N) is 2. The maximum absolute atomic E-state index is 12.0. The Hall–Kier alpha value is -1.01. The number of halogens is 2. The number of aryl methyl sites for hydroxylation is 1. The molecule has 0 aliphatic carbocycles. The van der Waals surface area contributed by atoms with Crippen LogP contribution in [-0.2, 0) is 17.7 Å². The zero-order chi connectivity index (χ0) is 14.8. The zero-order valence-electron chi connectivity index (χ0n) is 12.3. The zero-order valence-corrected chi connectivity index (χ0v) is 12.3. The van der Waals surface area contributed by atoms with E-state index in [1.54, 1.807) is 6.20 Å². The molecule has 4 nitrogen and oxygen atoms in total. The molecule has 20 heavy (non-hydrogen) atoms. The number of hydrogen-bond acceptors (Lipinski definition) is 3. The SMILES string of the molecule is CCCNC(CCOCC(F)F)Cc1nccn1CC. The van der Waals surface area contributed by atoms with Gasteiger partial charge in [-0.25, -0.2) is 13.8 Å². The van der Waals surface area contributed by atoms with Crippen LogP contribution in [0.2, 0.25) is 0 Å². The van der Waals surface area contributed by atoms with Crippen LogP contribution in [-0.4, -0.2) is 41.8 Å². The van der Waals surface area contributed by atoms with E-state index in [1.807, 2.05) is 6.20 Å². The molecule has 6 heteroatoms. The average Bonchev–Trinajstić information content (AvgIpc) is 2.87. The minimum atomic E-state index is -2.39. The minimum absolute atomic E-state index is 0.209. The second-order valence-corrected chi connectivity index (χ2v) is 4.74. The molecule has 0 aliphatic rings. The van der Waals surface area contributed by atoms with Gasteiger partial charge in [-0.05, 0) is 26.3 Å². The van der Waals surface area contributed by atoms with Crippen molar-refractivity contribution in [3.8, 4) is 0 Å². The monoisotopic (exact) mass is 289 g/mol. The van der Waals surface area contributed by atoms with Crippen LogP contribution in [0.15, 0.2) is 12.4 Å². The highest BCUT2D eigenvalue weighted by atomic mass is 19.3. The standard InChI is InChI=1S/C14H25F2N3O/c1-3-6-17-12(5-9-20-11-13(15)16)10-14-18-7-8-19(14)4-2/h7-8,12-13,17H,3-6,9-11H2,1-2H3. The van der Waals surface area contributed by atoms with Crippen LogP contribution in [0.4, 0.5) is 8.78 Å². The van der Waals surface area contributed by atoms with E-state index in [0.717, 1.165) is 31.8 Å². The molecule has 1 unspecified atom stereocenters. The maximum atomic E-state index is 12.0. The van der Waals surface area contributed by atoms with E-state index in [1.165, 1.54) is 0 Å². The fraction of sp³-hybridized carbons (Fsp3) is 0.786. The fourth-order valence-corrected chi connectivity index (χ4v) is 2.06. The molecule has 0 amide bonds. The number of rotatable bonds is 11. The Morgan fingerprint density at radius 1 is 1.40 bits per heavy atom. The first-order valence-corrected chi connectivity index (χ1v) is 7.26. The van der Waals surface area contributed by atoms with Gasteiger partial charge in [0.05, 0.1) is 0 Å². The second kappa shape index (κ2) is 9.83. The Balaban J connectivity index is 2.42. The van der Waals surface area contributed by atoms with Crippen molar-refractivity contribution < 1.29 is 13.5 Å². The molecule has 0 saturated heterocycles. The molecule has 1 aromatic heterocycles. The predicted molar refractivity (Wildman–Crippen MR) is 75.1 cm³/mol. The Bertz CT molecular complexity index is 358. The number of aromatic nitrogens is 2. The number of ether oxygens (including phenoxy) is 1. The molecule has 1 atom stereocenters. The summed E-state index contributed by atoms with van der Waals surface area (Å²) in [5.74, 6) is 1.02. The third-order valence-electron chi connectivity index (χ3n) is 3.11. The van der Waals surface area contributed by atoms with Gasteiger partial charge in [-0.2, -0.15) is 0 Å². The lowest BCUT2D eigenvalue weighted by Gasteiger charge is -2.18. The minimum Gasteiger partial charge on any atom is -0.375 e. The van der Waals surface area contributed by atoms with Gasteiger partial charge in [-0.15, -0.1) is 0 Å². The molecule has 116 valence electrons. The van der Waals surface area contributed by atoms with Crippen LogP contribution in [0.1, 0.15) is 32.5 Å². The molecular weight excluding hydrogens is 264 g/mol. The summed E-state index contributed by atoms with van der Waals surface area (Å²) < 4.78 is 31.1. The topological polar surface area (TPSA) is 39.1 Å². The van der Waals surface area contributed by atoms with E-state index in [9.17, 15) is 8.78 Å². The van der Waals surface area contributed by atoms with Crippen molar-refractivity contribution in [3.63, 3.8) is 0 Å². The van der Waals surface area contributed by atoms with Gasteiger partial charge >= 0.3 is 0 Å². The lowest BCUT2D eigenvalue weighted by atomic mass is 10.1. The third-order valence-corrected chi connectivity index (χ3v) is 3.11. The summed E-state index contributed by atoms with van der Waals surface area (Å²) in [6.07, 6.45) is 3.90. The molecule has 1 N–H and O–H groups in total. The first-order valence-electron chi connectivity index (χ1n) is 7.26. The van der Waals surface area contributed by atoms with Crippen LogP contribution < -0.4 is 5.32 Å². The summed E-state index contributed by atoms with van der Waals surface area (Å²) in [4.78, 5) is 4.35. The third kappa shape index (κ3) is 6.43. The first kappa shape index (κ1) is 17.0. The van der Waals surface area contributed by atoms with E-state index < -0.39 is 13.0 Å². The van der Waals surface area contributed by atoms with Gasteiger partial charge in [0.1, 0.15) is 12.4 Å². The number of nitrogens with one attached hydrogen (secondary N) is 1. The van der Waals surface area contributed by atoms with Crippen molar-refractivity contribution in [1.82, 2.24) is 14.9 Å². The molecule has 1 aromatic rings. The molecule has 0 spiro atoms. The van der Waals surface area contributed by atoms with E-state index in [4.69, 9.17) is 4.74 Å². The van der Waals surface area contributed by atoms with E-state index in [0.29, 0.717) is 13.0 Å². The predicted octanol–water partition coefficient (Wildman–Crippen LogP) is 2.49. The van der Waals surface area contributed by atoms with Crippen LogP contribution in [0.25, 0.3) is 0 Å². The van der Waals surface area contributed by atoms with Gasteiger partial charge in [0.2, 0.25) is 0 Å². The van der Waals surface area contributed by atoms with Crippen LogP contribution >= 0.6 is 0 Å². The van der Waals surface area contributed by atoms with Gasteiger partial charge in [-0.1, -0.05) is 6.92 Å². The number of alkyl halides is 2. The normalized spacial score (nSPS) is 13.1. The molecule has 0 aromatic carbocycles. The van der Waals surface area contributed by atoms with Crippen molar-refractivity contribution in [2.75, 3.05) is 19.8 Å². The highest BCUT2D eigenvalue weighted by Gasteiger charge is 2.13. The Kier molecular flexibility index (Phi) is 8.37. The quantitative estimate of drug-likeness (QED) is 0.636. The van der Waals surface area contributed by atoms with Gasteiger partial charge < -0.3 is 14.6 Å². The Morgan fingerprint density at radius 2 is 2.20 bits per heavy atom. The Labute approximate surface area is 119 Å². The van der Waals surface area contributed by atoms with E-state index >= 15 is 0 Å².